The highest BCUT2D eigenvalue weighted by atomic mass is 32.2. The van der Waals surface area contributed by atoms with Crippen LogP contribution >= 0.6 is 0 Å². The number of benzene rings is 2. The Morgan fingerprint density at radius 3 is 2.74 bits per heavy atom. The van der Waals surface area contributed by atoms with Crippen LogP contribution in [0.4, 0.5) is 0 Å². The van der Waals surface area contributed by atoms with Gasteiger partial charge < -0.3 is 4.74 Å². The van der Waals surface area contributed by atoms with Crippen LogP contribution in [0.2, 0.25) is 0 Å². The normalized spacial score (nSPS) is 18.9. The smallest absolute Gasteiger partial charge is 0.325 e. The molecular formula is C17H19NO4S. The first-order valence-corrected chi connectivity index (χ1v) is 9.46. The highest BCUT2D eigenvalue weighted by Gasteiger charge is 2.32. The Kier molecular flexibility index (Phi) is 4.26. The quantitative estimate of drug-likeness (QED) is 0.786. The standard InChI is InChI=1S/C17H19NO4S/c1-3-4-9-15-17(18-22-23(2,19)20)16-13-8-6-5-7-12(13)10-11-14(16)21-15/h5-8,10-11,15H,3-4,9H2,1-2H3/b18-17+. The number of hydrogen-bond acceptors (Lipinski definition) is 5. The molecule has 6 heteroatoms. The van der Waals surface area contributed by atoms with Gasteiger partial charge in [-0.25, -0.2) is 0 Å². The molecule has 23 heavy (non-hydrogen) atoms. The number of nitrogens with zero attached hydrogens (tertiary/aromatic N) is 1. The summed E-state index contributed by atoms with van der Waals surface area (Å²) in [6.07, 6.45) is 3.46. The van der Waals surface area contributed by atoms with Crippen LogP contribution in [0, 0.1) is 0 Å². The summed E-state index contributed by atoms with van der Waals surface area (Å²) in [6.45, 7) is 2.10. The second-order valence-corrected chi connectivity index (χ2v) is 7.22. The molecule has 0 amide bonds. The van der Waals surface area contributed by atoms with E-state index in [0.717, 1.165) is 47.6 Å². The van der Waals surface area contributed by atoms with E-state index in [1.807, 2.05) is 36.4 Å². The summed E-state index contributed by atoms with van der Waals surface area (Å²) < 4.78 is 33.3. The summed E-state index contributed by atoms with van der Waals surface area (Å²) in [6, 6.07) is 11.8. The molecule has 0 bridgehead atoms. The van der Waals surface area contributed by atoms with E-state index in [9.17, 15) is 8.42 Å². The van der Waals surface area contributed by atoms with Crippen LogP contribution in [0.25, 0.3) is 10.8 Å². The molecular weight excluding hydrogens is 314 g/mol. The number of hydrogen-bond donors (Lipinski definition) is 0. The van der Waals surface area contributed by atoms with Gasteiger partial charge in [0.15, 0.2) is 0 Å². The molecule has 1 unspecified atom stereocenters. The van der Waals surface area contributed by atoms with Gasteiger partial charge in [-0.05, 0) is 29.7 Å². The summed E-state index contributed by atoms with van der Waals surface area (Å²) in [4.78, 5) is 0. The van der Waals surface area contributed by atoms with Crippen LogP contribution in [0.1, 0.15) is 31.7 Å². The lowest BCUT2D eigenvalue weighted by molar-refractivity contribution is 0.260. The van der Waals surface area contributed by atoms with Crippen molar-refractivity contribution in [2.24, 2.45) is 5.16 Å². The molecule has 3 rings (SSSR count). The summed E-state index contributed by atoms with van der Waals surface area (Å²) in [7, 11) is -3.65. The van der Waals surface area contributed by atoms with Crippen LogP contribution in [0.3, 0.4) is 0 Å². The highest BCUT2D eigenvalue weighted by molar-refractivity contribution is 7.85. The Hall–Kier alpha value is -2.08. The van der Waals surface area contributed by atoms with Gasteiger partial charge in [-0.3, -0.25) is 4.28 Å². The Bertz CT molecular complexity index is 858. The largest absolute Gasteiger partial charge is 0.483 e. The number of ether oxygens (including phenoxy) is 1. The molecule has 122 valence electrons. The van der Waals surface area contributed by atoms with Gasteiger partial charge in [0.25, 0.3) is 0 Å². The second-order valence-electron chi connectivity index (χ2n) is 5.66. The number of rotatable bonds is 5. The lowest BCUT2D eigenvalue weighted by Crippen LogP contribution is -2.22. The van der Waals surface area contributed by atoms with E-state index in [2.05, 4.69) is 12.1 Å². The molecule has 1 heterocycles. The minimum Gasteiger partial charge on any atom is -0.483 e. The molecule has 0 spiro atoms. The van der Waals surface area contributed by atoms with Gasteiger partial charge in [0, 0.05) is 0 Å². The van der Waals surface area contributed by atoms with Crippen molar-refractivity contribution in [2.75, 3.05) is 6.26 Å². The van der Waals surface area contributed by atoms with Crippen LogP contribution < -0.4 is 4.74 Å². The van der Waals surface area contributed by atoms with Gasteiger partial charge in [0.05, 0.1) is 11.8 Å². The lowest BCUT2D eigenvalue weighted by Gasteiger charge is -2.10. The average molecular weight is 333 g/mol. The first kappa shape index (κ1) is 15.8. The topological polar surface area (TPSA) is 65.0 Å². The van der Waals surface area contributed by atoms with Gasteiger partial charge in [-0.1, -0.05) is 48.8 Å². The Balaban J connectivity index is 2.11. The Morgan fingerprint density at radius 2 is 2.00 bits per heavy atom. The van der Waals surface area contributed by atoms with E-state index < -0.39 is 10.1 Å². The third-order valence-electron chi connectivity index (χ3n) is 3.81. The number of oxime groups is 1. The van der Waals surface area contributed by atoms with E-state index in [1.165, 1.54) is 0 Å². The van der Waals surface area contributed by atoms with Crippen molar-refractivity contribution >= 4 is 26.6 Å². The van der Waals surface area contributed by atoms with Crippen LogP contribution in [0.15, 0.2) is 41.6 Å². The molecule has 1 aliphatic rings. The van der Waals surface area contributed by atoms with Crippen LogP contribution in [0.5, 0.6) is 5.75 Å². The van der Waals surface area contributed by atoms with Crippen molar-refractivity contribution in [1.82, 2.24) is 0 Å². The molecule has 1 aliphatic heterocycles. The predicted octanol–water partition coefficient (Wildman–Crippen LogP) is 3.47. The summed E-state index contributed by atoms with van der Waals surface area (Å²) in [5.74, 6) is 0.723. The van der Waals surface area contributed by atoms with Gasteiger partial charge in [0.2, 0.25) is 0 Å². The zero-order chi connectivity index (χ0) is 16.4. The molecule has 0 saturated carbocycles. The van der Waals surface area contributed by atoms with E-state index in [-0.39, 0.29) is 6.10 Å². The average Bonchev–Trinajstić information content (AvgIpc) is 2.88. The SMILES string of the molecule is CCCCC1Oc2ccc3ccccc3c2/C1=N/OS(C)(=O)=O. The molecule has 0 N–H and O–H groups in total. The monoisotopic (exact) mass is 333 g/mol. The first-order valence-electron chi connectivity index (χ1n) is 7.65. The molecule has 0 radical (unpaired) electrons. The highest BCUT2D eigenvalue weighted by Crippen LogP contribution is 2.37. The number of unbranched alkanes of at least 4 members (excludes halogenated alkanes) is 1. The van der Waals surface area contributed by atoms with E-state index in [0.29, 0.717) is 5.71 Å². The van der Waals surface area contributed by atoms with Crippen LogP contribution in [-0.2, 0) is 14.4 Å². The maximum absolute atomic E-state index is 11.3. The molecule has 0 saturated heterocycles. The fourth-order valence-corrected chi connectivity index (χ4v) is 3.00. The summed E-state index contributed by atoms with van der Waals surface area (Å²) >= 11 is 0. The number of fused-ring (bicyclic) bond motifs is 3. The van der Waals surface area contributed by atoms with Crippen molar-refractivity contribution in [3.63, 3.8) is 0 Å². The minimum atomic E-state index is -3.65. The van der Waals surface area contributed by atoms with Gasteiger partial charge >= 0.3 is 10.1 Å². The fraction of sp³-hybridized carbons (Fsp3) is 0.353. The maximum atomic E-state index is 11.3. The van der Waals surface area contributed by atoms with Crippen LogP contribution in [-0.4, -0.2) is 26.5 Å². The summed E-state index contributed by atoms with van der Waals surface area (Å²) in [5, 5.41) is 5.96. The Morgan fingerprint density at radius 1 is 1.22 bits per heavy atom. The van der Waals surface area contributed by atoms with Crippen molar-refractivity contribution < 1.29 is 17.4 Å². The van der Waals surface area contributed by atoms with Gasteiger partial charge in [-0.2, -0.15) is 8.42 Å². The second kappa shape index (κ2) is 6.20. The minimum absolute atomic E-state index is 0.280. The first-order chi connectivity index (χ1) is 11.0. The zero-order valence-corrected chi connectivity index (χ0v) is 14.0. The molecule has 0 aromatic heterocycles. The van der Waals surface area contributed by atoms with E-state index in [1.54, 1.807) is 0 Å². The maximum Gasteiger partial charge on any atom is 0.325 e. The third-order valence-corrected chi connectivity index (χ3v) is 4.16. The molecule has 0 aliphatic carbocycles. The van der Waals surface area contributed by atoms with Crippen molar-refractivity contribution in [3.8, 4) is 5.75 Å². The van der Waals surface area contributed by atoms with Crippen molar-refractivity contribution in [2.45, 2.75) is 32.3 Å². The van der Waals surface area contributed by atoms with Crippen molar-refractivity contribution in [1.29, 1.82) is 0 Å². The molecule has 2 aromatic carbocycles. The zero-order valence-electron chi connectivity index (χ0n) is 13.2. The van der Waals surface area contributed by atoms with Gasteiger partial charge in [0.1, 0.15) is 17.6 Å². The molecule has 1 atom stereocenters. The summed E-state index contributed by atoms with van der Waals surface area (Å²) in [5.41, 5.74) is 1.38. The Labute approximate surface area is 136 Å². The molecule has 2 aromatic rings. The fourth-order valence-electron chi connectivity index (χ4n) is 2.78. The van der Waals surface area contributed by atoms with Crippen molar-refractivity contribution in [3.05, 3.63) is 42.0 Å². The molecule has 5 nitrogen and oxygen atoms in total. The lowest BCUT2D eigenvalue weighted by atomic mass is 9.98. The van der Waals surface area contributed by atoms with E-state index in [4.69, 9.17) is 9.02 Å². The molecule has 0 fully saturated rings. The predicted molar refractivity (Wildman–Crippen MR) is 90.4 cm³/mol. The van der Waals surface area contributed by atoms with E-state index >= 15 is 0 Å². The third kappa shape index (κ3) is 3.32. The van der Waals surface area contributed by atoms with Gasteiger partial charge in [-0.15, -0.1) is 0 Å².